The highest BCUT2D eigenvalue weighted by Crippen LogP contribution is 2.47. The van der Waals surface area contributed by atoms with Crippen LogP contribution in [0.15, 0.2) is 54.6 Å². The standard InChI is InChI=1S/C52H64FN5O10.H2/c1-6-58(22-20-55-51(63)48-33(3)45(56-34(48)4)30-42-41-29-36(53)15-17-44(41)57-50(42)62)52(64)68-31-43-37-10-7-11-39(46(60)12-8-26-67-32(2)19-23-59)49(37)38-16-13-35(28-40(38)43)14-18-47(61)54-21-27-66-25-9-24-65-5;/h7,10-11,13,15-17,28-30,32,43,56,59H,6,8-9,12,14,18-27,31H2,1-5H3,(H,54,61)(H,55,63)(H,57,62);1H/b42-30-;. The Morgan fingerprint density at radius 2 is 1.78 bits per heavy atom. The number of fused-ring (bicyclic) bond motifs is 4. The number of amides is 4. The van der Waals surface area contributed by atoms with Crippen molar-refractivity contribution in [2.24, 2.45) is 0 Å². The van der Waals surface area contributed by atoms with Gasteiger partial charge in [0.15, 0.2) is 5.78 Å². The minimum atomic E-state index is -0.565. The van der Waals surface area contributed by atoms with Crippen LogP contribution in [-0.2, 0) is 35.0 Å². The van der Waals surface area contributed by atoms with Gasteiger partial charge in [0, 0.05) is 108 Å². The van der Waals surface area contributed by atoms with Gasteiger partial charge in [0.1, 0.15) is 12.4 Å². The van der Waals surface area contributed by atoms with Gasteiger partial charge in [-0.3, -0.25) is 19.2 Å². The third-order valence-corrected chi connectivity index (χ3v) is 12.3. The fourth-order valence-electron chi connectivity index (χ4n) is 8.68. The van der Waals surface area contributed by atoms with E-state index in [2.05, 4.69) is 20.9 Å². The molecule has 2 atom stereocenters. The molecule has 0 bridgehead atoms. The first-order valence-corrected chi connectivity index (χ1v) is 23.4. The number of carbonyl (C=O) groups excluding carboxylic acids is 5. The highest BCUT2D eigenvalue weighted by Gasteiger charge is 2.34. The van der Waals surface area contributed by atoms with Crippen LogP contribution in [-0.4, -0.2) is 124 Å². The lowest BCUT2D eigenvalue weighted by molar-refractivity contribution is -0.121. The van der Waals surface area contributed by atoms with E-state index in [1.54, 1.807) is 27.0 Å². The molecule has 0 saturated heterocycles. The number of nitrogens with zero attached hydrogens (tertiary/aromatic N) is 1. The van der Waals surface area contributed by atoms with E-state index >= 15 is 0 Å². The molecule has 1 aliphatic carbocycles. The zero-order valence-corrected chi connectivity index (χ0v) is 39.7. The number of rotatable bonds is 26. The van der Waals surface area contributed by atoms with Crippen LogP contribution in [0.5, 0.6) is 0 Å². The minimum absolute atomic E-state index is 0. The molecule has 15 nitrogen and oxygen atoms in total. The molecule has 366 valence electrons. The van der Waals surface area contributed by atoms with Crippen LogP contribution in [0, 0.1) is 19.7 Å². The van der Waals surface area contributed by atoms with Gasteiger partial charge in [-0.2, -0.15) is 0 Å². The molecule has 4 amide bonds. The largest absolute Gasteiger partial charge is 0.448 e. The number of Topliss-reactive ketones (excluding diaryl/α,β-unsaturated/α-hetero) is 1. The number of carbonyl (C=O) groups is 5. The van der Waals surface area contributed by atoms with Crippen molar-refractivity contribution in [1.29, 1.82) is 0 Å². The summed E-state index contributed by atoms with van der Waals surface area (Å²) < 4.78 is 36.4. The van der Waals surface area contributed by atoms with Gasteiger partial charge in [-0.15, -0.1) is 0 Å². The van der Waals surface area contributed by atoms with Crippen molar-refractivity contribution >= 4 is 46.9 Å². The van der Waals surface area contributed by atoms with E-state index in [-0.39, 0.29) is 75.8 Å². The van der Waals surface area contributed by atoms with E-state index in [9.17, 15) is 33.5 Å². The quantitative estimate of drug-likeness (QED) is 0.0241. The lowest BCUT2D eigenvalue weighted by atomic mass is 9.93. The Morgan fingerprint density at radius 3 is 2.56 bits per heavy atom. The van der Waals surface area contributed by atoms with E-state index in [0.717, 1.165) is 34.2 Å². The number of aryl methyl sites for hydroxylation is 2. The molecule has 1 aliphatic heterocycles. The zero-order valence-electron chi connectivity index (χ0n) is 39.7. The summed E-state index contributed by atoms with van der Waals surface area (Å²) in [5.41, 5.74) is 8.27. The van der Waals surface area contributed by atoms with E-state index < -0.39 is 17.8 Å². The first kappa shape index (κ1) is 51.2. The lowest BCUT2D eigenvalue weighted by Gasteiger charge is -2.22. The highest BCUT2D eigenvalue weighted by molar-refractivity contribution is 6.35. The van der Waals surface area contributed by atoms with Crippen LogP contribution in [0.4, 0.5) is 14.9 Å². The number of H-pyrrole nitrogens is 1. The summed E-state index contributed by atoms with van der Waals surface area (Å²) in [5.74, 6) is -1.73. The summed E-state index contributed by atoms with van der Waals surface area (Å²) in [7, 11) is 1.64. The van der Waals surface area contributed by atoms with Crippen molar-refractivity contribution in [2.45, 2.75) is 78.2 Å². The molecule has 2 heterocycles. The van der Waals surface area contributed by atoms with Gasteiger partial charge in [-0.05, 0) is 111 Å². The predicted molar refractivity (Wildman–Crippen MR) is 259 cm³/mol. The molecular weight excluding hydrogens is 874 g/mol. The Balaban J connectivity index is 0.00000888. The SMILES string of the molecule is CCN(CCNC(=O)c1c(C)[nH]c(/C=C2\C(=O)Nc3ccc(F)cc32)c1C)C(=O)OCC1c2cc(CCC(=O)NCCOCCCOC)ccc2-c2c(C(=O)CCCOC(C)CCO)cccc21.[HH]. The number of anilines is 1. The molecule has 1 aromatic heterocycles. The van der Waals surface area contributed by atoms with Gasteiger partial charge in [0.25, 0.3) is 11.8 Å². The second-order valence-corrected chi connectivity index (χ2v) is 17.1. The molecule has 0 spiro atoms. The zero-order chi connectivity index (χ0) is 48.7. The van der Waals surface area contributed by atoms with Crippen molar-refractivity contribution in [3.63, 3.8) is 0 Å². The van der Waals surface area contributed by atoms with Crippen LogP contribution >= 0.6 is 0 Å². The lowest BCUT2D eigenvalue weighted by Crippen LogP contribution is -2.39. The number of likely N-dealkylation sites (N-methyl/N-ethyl adjacent to an activating group) is 1. The average molecular weight is 940 g/mol. The second-order valence-electron chi connectivity index (χ2n) is 17.1. The number of aromatic nitrogens is 1. The Bertz CT molecular complexity index is 2490. The summed E-state index contributed by atoms with van der Waals surface area (Å²) in [6.45, 7) is 10.2. The Morgan fingerprint density at radius 1 is 0.956 bits per heavy atom. The molecule has 16 heteroatoms. The summed E-state index contributed by atoms with van der Waals surface area (Å²) in [4.78, 5) is 71.3. The third-order valence-electron chi connectivity index (χ3n) is 12.3. The number of halogens is 1. The van der Waals surface area contributed by atoms with Gasteiger partial charge >= 0.3 is 6.09 Å². The fourth-order valence-corrected chi connectivity index (χ4v) is 8.68. The summed E-state index contributed by atoms with van der Waals surface area (Å²) in [6, 6.07) is 15.7. The molecule has 5 N–H and O–H groups in total. The van der Waals surface area contributed by atoms with Crippen LogP contribution in [0.1, 0.15) is 113 Å². The van der Waals surface area contributed by atoms with Crippen LogP contribution < -0.4 is 16.0 Å². The van der Waals surface area contributed by atoms with Crippen molar-refractivity contribution in [3.05, 3.63) is 111 Å². The predicted octanol–water partition coefficient (Wildman–Crippen LogP) is 7.36. The number of aromatic amines is 1. The number of hydrogen-bond donors (Lipinski definition) is 5. The molecule has 2 aliphatic rings. The van der Waals surface area contributed by atoms with Crippen LogP contribution in [0.25, 0.3) is 22.8 Å². The number of aliphatic hydroxyl groups is 1. The molecule has 2 unspecified atom stereocenters. The van der Waals surface area contributed by atoms with E-state index in [0.29, 0.717) is 98.1 Å². The van der Waals surface area contributed by atoms with Crippen molar-refractivity contribution in [2.75, 3.05) is 78.2 Å². The smallest absolute Gasteiger partial charge is 0.409 e. The number of ether oxygens (including phenoxy) is 4. The fraction of sp³-hybridized carbons (Fsp3) is 0.442. The molecule has 68 heavy (non-hydrogen) atoms. The number of nitrogens with one attached hydrogen (secondary N) is 4. The van der Waals surface area contributed by atoms with Gasteiger partial charge in [0.2, 0.25) is 5.91 Å². The van der Waals surface area contributed by atoms with Gasteiger partial charge < -0.3 is 49.9 Å². The summed E-state index contributed by atoms with van der Waals surface area (Å²) >= 11 is 0. The number of aliphatic hydroxyl groups excluding tert-OH is 1. The molecule has 6 rings (SSSR count). The Labute approximate surface area is 398 Å². The minimum Gasteiger partial charge on any atom is -0.448 e. The maximum atomic E-state index is 14.1. The number of ketones is 1. The molecule has 4 aromatic rings. The average Bonchev–Trinajstić information content (AvgIpc) is 3.92. The van der Waals surface area contributed by atoms with Crippen molar-refractivity contribution < 1.29 is 53.8 Å². The third kappa shape index (κ3) is 12.9. The van der Waals surface area contributed by atoms with Crippen LogP contribution in [0.2, 0.25) is 0 Å². The van der Waals surface area contributed by atoms with Crippen molar-refractivity contribution in [3.8, 4) is 11.1 Å². The molecule has 0 fully saturated rings. The van der Waals surface area contributed by atoms with Crippen LogP contribution in [0.3, 0.4) is 0 Å². The summed E-state index contributed by atoms with van der Waals surface area (Å²) in [6.07, 6.45) is 3.75. The van der Waals surface area contributed by atoms with E-state index in [1.165, 1.54) is 23.1 Å². The first-order valence-electron chi connectivity index (χ1n) is 23.4. The van der Waals surface area contributed by atoms with Crippen molar-refractivity contribution in [1.82, 2.24) is 20.5 Å². The van der Waals surface area contributed by atoms with E-state index in [4.69, 9.17) is 18.9 Å². The monoisotopic (exact) mass is 939 g/mol. The number of methoxy groups -OCH3 is 1. The van der Waals surface area contributed by atoms with Gasteiger partial charge in [-0.25, -0.2) is 9.18 Å². The summed E-state index contributed by atoms with van der Waals surface area (Å²) in [5, 5.41) is 17.8. The molecule has 0 radical (unpaired) electrons. The topological polar surface area (TPSA) is 198 Å². The Hall–Kier alpha value is -6.20. The second kappa shape index (κ2) is 24.7. The van der Waals surface area contributed by atoms with Gasteiger partial charge in [-0.1, -0.05) is 36.4 Å². The molecule has 0 saturated carbocycles. The molecular formula is C52H66FN5O10. The number of benzene rings is 3. The highest BCUT2D eigenvalue weighted by atomic mass is 19.1. The first-order chi connectivity index (χ1) is 32.8. The Kier molecular flexibility index (Phi) is 18.6. The normalized spacial score (nSPS) is 14.5. The maximum absolute atomic E-state index is 14.1. The van der Waals surface area contributed by atoms with Gasteiger partial charge in [0.05, 0.1) is 23.8 Å². The maximum Gasteiger partial charge on any atom is 0.409 e. The number of hydrogen-bond acceptors (Lipinski definition) is 10. The van der Waals surface area contributed by atoms with E-state index in [1.807, 2.05) is 50.2 Å². The molecule has 3 aromatic carbocycles.